The summed E-state index contributed by atoms with van der Waals surface area (Å²) in [4.78, 5) is 23.6. The number of allylic oxidation sites excluding steroid dienone is 2. The van der Waals surface area contributed by atoms with Gasteiger partial charge in [0.15, 0.2) is 11.6 Å². The van der Waals surface area contributed by atoms with Crippen molar-refractivity contribution in [1.82, 2.24) is 0 Å². The van der Waals surface area contributed by atoms with Gasteiger partial charge in [0.25, 0.3) is 0 Å². The molecule has 2 nitrogen and oxygen atoms in total. The minimum absolute atomic E-state index is 0.0101. The quantitative estimate of drug-likeness (QED) is 0.637. The zero-order chi connectivity index (χ0) is 12.2. The maximum atomic E-state index is 11.9. The fraction of sp³-hybridized carbons (Fsp3) is 0.333. The number of rotatable bonds is 0. The van der Waals surface area contributed by atoms with Gasteiger partial charge < -0.3 is 0 Å². The largest absolute Gasteiger partial charge is 0.294 e. The summed E-state index contributed by atoms with van der Waals surface area (Å²) in [6, 6.07) is 4.19. The van der Waals surface area contributed by atoms with Crippen LogP contribution in [0.15, 0.2) is 17.7 Å². The maximum absolute atomic E-state index is 11.9. The number of hydrogen-bond acceptors (Lipinski definition) is 2. The lowest BCUT2D eigenvalue weighted by molar-refractivity contribution is -0.120. The van der Waals surface area contributed by atoms with E-state index in [2.05, 4.69) is 13.0 Å². The van der Waals surface area contributed by atoms with Gasteiger partial charge in [0.2, 0.25) is 0 Å². The van der Waals surface area contributed by atoms with Crippen LogP contribution in [0.5, 0.6) is 0 Å². The van der Waals surface area contributed by atoms with Gasteiger partial charge in [0.1, 0.15) is 0 Å². The Kier molecular flexibility index (Phi) is 2.09. The molecule has 0 heterocycles. The molecule has 0 unspecified atom stereocenters. The fourth-order valence-corrected chi connectivity index (χ4v) is 3.03. The van der Waals surface area contributed by atoms with Crippen LogP contribution in [-0.4, -0.2) is 11.6 Å². The number of carbonyl (C=O) groups excluding carboxylic acids is 2. The summed E-state index contributed by atoms with van der Waals surface area (Å²) in [6.07, 6.45) is 1.70. The second-order valence-corrected chi connectivity index (χ2v) is 4.98. The van der Waals surface area contributed by atoms with E-state index in [9.17, 15) is 9.59 Å². The number of aryl methyl sites for hydroxylation is 2. The van der Waals surface area contributed by atoms with E-state index in [4.69, 9.17) is 0 Å². The number of fused-ring (bicyclic) bond motifs is 2. The van der Waals surface area contributed by atoms with Gasteiger partial charge in [-0.3, -0.25) is 9.59 Å². The van der Waals surface area contributed by atoms with Gasteiger partial charge in [-0.15, -0.1) is 0 Å². The second-order valence-electron chi connectivity index (χ2n) is 4.98. The normalized spacial score (nSPS) is 18.5. The molecule has 1 aromatic carbocycles. The summed E-state index contributed by atoms with van der Waals surface area (Å²) in [6.45, 7) is 4.11. The SMILES string of the molecule is Cc1cc(C)c2c(c1)C1=C(CC2)C(=O)CC1=O. The molecule has 0 radical (unpaired) electrons. The highest BCUT2D eigenvalue weighted by Gasteiger charge is 2.35. The van der Waals surface area contributed by atoms with Crippen molar-refractivity contribution >= 4 is 17.1 Å². The topological polar surface area (TPSA) is 34.1 Å². The second kappa shape index (κ2) is 3.39. The molecule has 17 heavy (non-hydrogen) atoms. The van der Waals surface area contributed by atoms with Crippen molar-refractivity contribution in [3.05, 3.63) is 40.0 Å². The van der Waals surface area contributed by atoms with Gasteiger partial charge in [0, 0.05) is 11.1 Å². The molecule has 0 amide bonds. The van der Waals surface area contributed by atoms with E-state index in [1.807, 2.05) is 13.0 Å². The average Bonchev–Trinajstić information content (AvgIpc) is 2.54. The first-order chi connectivity index (χ1) is 8.08. The minimum atomic E-state index is 0.0101. The van der Waals surface area contributed by atoms with Gasteiger partial charge in [-0.2, -0.15) is 0 Å². The third kappa shape index (κ3) is 1.40. The van der Waals surface area contributed by atoms with E-state index in [0.717, 1.165) is 29.5 Å². The number of carbonyl (C=O) groups is 2. The summed E-state index contributed by atoms with van der Waals surface area (Å²) in [7, 11) is 0. The molecule has 2 aliphatic carbocycles. The van der Waals surface area contributed by atoms with Gasteiger partial charge in [-0.1, -0.05) is 17.7 Å². The van der Waals surface area contributed by atoms with E-state index in [1.54, 1.807) is 0 Å². The van der Waals surface area contributed by atoms with Gasteiger partial charge in [0.05, 0.1) is 6.42 Å². The number of hydrogen-bond donors (Lipinski definition) is 0. The molecule has 0 spiro atoms. The van der Waals surface area contributed by atoms with Crippen LogP contribution in [0.25, 0.3) is 5.57 Å². The van der Waals surface area contributed by atoms with E-state index >= 15 is 0 Å². The van der Waals surface area contributed by atoms with Crippen LogP contribution in [-0.2, 0) is 16.0 Å². The van der Waals surface area contributed by atoms with E-state index in [1.165, 1.54) is 11.1 Å². The predicted octanol–water partition coefficient (Wildman–Crippen LogP) is 2.55. The zero-order valence-electron chi connectivity index (χ0n) is 10.1. The van der Waals surface area contributed by atoms with Crippen molar-refractivity contribution in [3.8, 4) is 0 Å². The van der Waals surface area contributed by atoms with Crippen molar-refractivity contribution in [2.45, 2.75) is 33.1 Å². The predicted molar refractivity (Wildman–Crippen MR) is 65.8 cm³/mol. The standard InChI is InChI=1S/C15H14O2/c1-8-5-9(2)10-3-4-11-13(16)7-14(17)15(11)12(10)6-8/h5-6H,3-4,7H2,1-2H3. The zero-order valence-corrected chi connectivity index (χ0v) is 10.1. The third-order valence-corrected chi connectivity index (χ3v) is 3.75. The Morgan fingerprint density at radius 2 is 1.76 bits per heavy atom. The number of Topliss-reactive ketones (excluding diaryl/α,β-unsaturated/α-hetero) is 2. The molecule has 0 saturated heterocycles. The van der Waals surface area contributed by atoms with Gasteiger partial charge in [-0.25, -0.2) is 0 Å². The molecule has 2 heteroatoms. The van der Waals surface area contributed by atoms with Crippen molar-refractivity contribution in [3.63, 3.8) is 0 Å². The molecule has 0 aliphatic heterocycles. The molecule has 2 aliphatic rings. The molecule has 0 fully saturated rings. The minimum Gasteiger partial charge on any atom is -0.294 e. The number of ketones is 2. The van der Waals surface area contributed by atoms with E-state index in [0.29, 0.717) is 5.57 Å². The molecule has 86 valence electrons. The van der Waals surface area contributed by atoms with E-state index in [-0.39, 0.29) is 18.0 Å². The Balaban J connectivity index is 2.30. The Bertz CT molecular complexity index is 591. The average molecular weight is 226 g/mol. The first-order valence-electron chi connectivity index (χ1n) is 5.98. The summed E-state index contributed by atoms with van der Waals surface area (Å²) in [5.41, 5.74) is 6.13. The first-order valence-corrected chi connectivity index (χ1v) is 5.98. The van der Waals surface area contributed by atoms with Gasteiger partial charge >= 0.3 is 0 Å². The summed E-state index contributed by atoms with van der Waals surface area (Å²) in [5, 5.41) is 0. The van der Waals surface area contributed by atoms with Crippen LogP contribution in [0.3, 0.4) is 0 Å². The van der Waals surface area contributed by atoms with Crippen LogP contribution in [0.2, 0.25) is 0 Å². The van der Waals surface area contributed by atoms with E-state index < -0.39 is 0 Å². The maximum Gasteiger partial charge on any atom is 0.171 e. The highest BCUT2D eigenvalue weighted by atomic mass is 16.2. The molecule has 0 saturated carbocycles. The molecule has 0 N–H and O–H groups in total. The molecular weight excluding hydrogens is 212 g/mol. The Labute approximate surface area is 100 Å². The molecule has 1 aromatic rings. The molecule has 0 atom stereocenters. The van der Waals surface area contributed by atoms with Crippen molar-refractivity contribution in [1.29, 1.82) is 0 Å². The lowest BCUT2D eigenvalue weighted by Crippen LogP contribution is -2.09. The summed E-state index contributed by atoms with van der Waals surface area (Å²) >= 11 is 0. The lowest BCUT2D eigenvalue weighted by Gasteiger charge is -2.20. The van der Waals surface area contributed by atoms with Gasteiger partial charge in [-0.05, 0) is 43.4 Å². The van der Waals surface area contributed by atoms with Crippen LogP contribution in [0.4, 0.5) is 0 Å². The summed E-state index contributed by atoms with van der Waals surface area (Å²) < 4.78 is 0. The smallest absolute Gasteiger partial charge is 0.171 e. The van der Waals surface area contributed by atoms with Crippen molar-refractivity contribution < 1.29 is 9.59 Å². The van der Waals surface area contributed by atoms with Crippen molar-refractivity contribution in [2.24, 2.45) is 0 Å². The third-order valence-electron chi connectivity index (χ3n) is 3.75. The number of benzene rings is 1. The Morgan fingerprint density at radius 1 is 1.00 bits per heavy atom. The highest BCUT2D eigenvalue weighted by Crippen LogP contribution is 2.39. The monoisotopic (exact) mass is 226 g/mol. The lowest BCUT2D eigenvalue weighted by atomic mass is 9.83. The fourth-order valence-electron chi connectivity index (χ4n) is 3.03. The van der Waals surface area contributed by atoms with Crippen LogP contribution >= 0.6 is 0 Å². The van der Waals surface area contributed by atoms with Crippen LogP contribution in [0, 0.1) is 13.8 Å². The molecule has 3 rings (SSSR count). The van der Waals surface area contributed by atoms with Crippen LogP contribution < -0.4 is 0 Å². The Morgan fingerprint density at radius 3 is 2.53 bits per heavy atom. The molecule has 0 bridgehead atoms. The van der Waals surface area contributed by atoms with Crippen LogP contribution in [0.1, 0.15) is 35.1 Å². The summed E-state index contributed by atoms with van der Waals surface area (Å²) in [5.74, 6) is 0.0470. The molecular formula is C15H14O2. The molecule has 0 aromatic heterocycles. The highest BCUT2D eigenvalue weighted by molar-refractivity contribution is 6.38. The Hall–Kier alpha value is -1.70. The van der Waals surface area contributed by atoms with Crippen molar-refractivity contribution in [2.75, 3.05) is 0 Å². The first kappa shape index (κ1) is 10.5.